The zero-order chi connectivity index (χ0) is 18.7. The highest BCUT2D eigenvalue weighted by Crippen LogP contribution is 2.23. The fraction of sp³-hybridized carbons (Fsp3) is 0.450. The van der Waals surface area contributed by atoms with E-state index in [9.17, 15) is 9.59 Å². The first-order valence-corrected chi connectivity index (χ1v) is 8.94. The van der Waals surface area contributed by atoms with Crippen LogP contribution in [0.5, 0.6) is 0 Å². The molecule has 2 heterocycles. The lowest BCUT2D eigenvalue weighted by atomic mass is 10.0. The number of fused-ring (bicyclic) bond motifs is 1. The zero-order valence-corrected chi connectivity index (χ0v) is 15.4. The zero-order valence-electron chi connectivity index (χ0n) is 15.4. The summed E-state index contributed by atoms with van der Waals surface area (Å²) in [6.07, 6.45) is -0.838. The molecule has 0 aliphatic carbocycles. The number of carbonyl (C=O) groups excluding carboxylic acids is 2. The number of rotatable bonds is 4. The Hall–Kier alpha value is -2.47. The van der Waals surface area contributed by atoms with E-state index in [-0.39, 0.29) is 11.8 Å². The van der Waals surface area contributed by atoms with E-state index < -0.39 is 12.1 Å². The smallest absolute Gasteiger partial charge is 0.339 e. The van der Waals surface area contributed by atoms with Gasteiger partial charge in [-0.05, 0) is 25.0 Å². The van der Waals surface area contributed by atoms with Crippen LogP contribution in [0.15, 0.2) is 30.3 Å². The van der Waals surface area contributed by atoms with E-state index in [1.807, 2.05) is 38.1 Å². The van der Waals surface area contributed by atoms with Gasteiger partial charge in [-0.15, -0.1) is 0 Å². The number of hydrogen-bond donors (Lipinski definition) is 0. The van der Waals surface area contributed by atoms with Crippen molar-refractivity contribution in [3.8, 4) is 0 Å². The molecule has 1 amide bonds. The van der Waals surface area contributed by atoms with Gasteiger partial charge in [0.1, 0.15) is 0 Å². The lowest BCUT2D eigenvalue weighted by Gasteiger charge is -2.29. The van der Waals surface area contributed by atoms with Crippen LogP contribution in [0.2, 0.25) is 0 Å². The molecule has 1 aliphatic heterocycles. The average Bonchev–Trinajstić information content (AvgIpc) is 2.66. The van der Waals surface area contributed by atoms with Gasteiger partial charge in [0.25, 0.3) is 5.91 Å². The number of pyridine rings is 1. The van der Waals surface area contributed by atoms with Gasteiger partial charge in [0, 0.05) is 24.2 Å². The number of amides is 1. The Labute approximate surface area is 153 Å². The molecule has 3 rings (SSSR count). The molecular weight excluding hydrogens is 332 g/mol. The third-order valence-corrected chi connectivity index (χ3v) is 4.50. The van der Waals surface area contributed by atoms with Crippen LogP contribution in [0.3, 0.4) is 0 Å². The Kier molecular flexibility index (Phi) is 5.52. The largest absolute Gasteiger partial charge is 0.449 e. The van der Waals surface area contributed by atoms with Crippen LogP contribution in [-0.4, -0.2) is 54.2 Å². The molecule has 6 nitrogen and oxygen atoms in total. The number of morpholine rings is 1. The second-order valence-corrected chi connectivity index (χ2v) is 6.75. The summed E-state index contributed by atoms with van der Waals surface area (Å²) in [6.45, 7) is 7.74. The first-order valence-electron chi connectivity index (χ1n) is 8.94. The van der Waals surface area contributed by atoms with Crippen LogP contribution in [0, 0.1) is 0 Å². The van der Waals surface area contributed by atoms with Gasteiger partial charge in [-0.25, -0.2) is 4.79 Å². The van der Waals surface area contributed by atoms with Gasteiger partial charge in [-0.2, -0.15) is 0 Å². The normalized spacial score (nSPS) is 15.9. The van der Waals surface area contributed by atoms with Gasteiger partial charge in [-0.1, -0.05) is 32.0 Å². The highest BCUT2D eigenvalue weighted by molar-refractivity contribution is 6.04. The van der Waals surface area contributed by atoms with E-state index in [0.29, 0.717) is 31.9 Å². The summed E-state index contributed by atoms with van der Waals surface area (Å²) >= 11 is 0. The fourth-order valence-electron chi connectivity index (χ4n) is 2.98. The summed E-state index contributed by atoms with van der Waals surface area (Å²) in [4.78, 5) is 31.6. The number of para-hydroxylation sites is 1. The first-order chi connectivity index (χ1) is 12.5. The van der Waals surface area contributed by atoms with Crippen molar-refractivity contribution < 1.29 is 19.1 Å². The van der Waals surface area contributed by atoms with Crippen LogP contribution in [0.4, 0.5) is 0 Å². The summed E-state index contributed by atoms with van der Waals surface area (Å²) in [5.41, 5.74) is 2.02. The molecule has 0 radical (unpaired) electrons. The van der Waals surface area contributed by atoms with Crippen molar-refractivity contribution in [1.82, 2.24) is 9.88 Å². The molecule has 0 unspecified atom stereocenters. The van der Waals surface area contributed by atoms with Crippen molar-refractivity contribution in [3.05, 3.63) is 41.6 Å². The van der Waals surface area contributed by atoms with E-state index in [4.69, 9.17) is 9.47 Å². The van der Waals surface area contributed by atoms with Gasteiger partial charge in [0.2, 0.25) is 0 Å². The van der Waals surface area contributed by atoms with Crippen LogP contribution < -0.4 is 0 Å². The van der Waals surface area contributed by atoms with Crippen molar-refractivity contribution in [2.24, 2.45) is 0 Å². The minimum atomic E-state index is -0.838. The number of ether oxygens (including phenoxy) is 2. The molecule has 0 saturated carbocycles. The van der Waals surface area contributed by atoms with E-state index in [1.54, 1.807) is 17.9 Å². The summed E-state index contributed by atoms with van der Waals surface area (Å²) in [5, 5.41) is 0.730. The minimum Gasteiger partial charge on any atom is -0.449 e. The molecule has 138 valence electrons. The second-order valence-electron chi connectivity index (χ2n) is 6.75. The number of nitrogens with zero attached hydrogens (tertiary/aromatic N) is 2. The van der Waals surface area contributed by atoms with Gasteiger partial charge >= 0.3 is 5.97 Å². The maximum Gasteiger partial charge on any atom is 0.339 e. The van der Waals surface area contributed by atoms with Crippen LogP contribution in [-0.2, 0) is 14.3 Å². The predicted molar refractivity (Wildman–Crippen MR) is 98.1 cm³/mol. The molecule has 26 heavy (non-hydrogen) atoms. The molecule has 1 aromatic carbocycles. The van der Waals surface area contributed by atoms with Crippen LogP contribution in [0.25, 0.3) is 10.9 Å². The minimum absolute atomic E-state index is 0.179. The van der Waals surface area contributed by atoms with E-state index in [1.165, 1.54) is 0 Å². The maximum absolute atomic E-state index is 12.8. The molecule has 1 aromatic heterocycles. The van der Waals surface area contributed by atoms with Gasteiger partial charge in [-0.3, -0.25) is 9.78 Å². The SMILES string of the molecule is CC(C)c1cc(C(=O)O[C@@H](C)C(=O)N2CCOCC2)c2ccccc2n1. The van der Waals surface area contributed by atoms with Crippen LogP contribution in [0.1, 0.15) is 42.7 Å². The van der Waals surface area contributed by atoms with Crippen molar-refractivity contribution in [1.29, 1.82) is 0 Å². The summed E-state index contributed by atoms with van der Waals surface area (Å²) in [6, 6.07) is 9.23. The summed E-state index contributed by atoms with van der Waals surface area (Å²) < 4.78 is 10.8. The number of benzene rings is 1. The van der Waals surface area contributed by atoms with Crippen molar-refractivity contribution in [3.63, 3.8) is 0 Å². The van der Waals surface area contributed by atoms with Gasteiger partial charge < -0.3 is 14.4 Å². The summed E-state index contributed by atoms with van der Waals surface area (Å²) in [5.74, 6) is -0.512. The number of esters is 1. The molecule has 1 fully saturated rings. The molecule has 1 aliphatic rings. The molecule has 0 spiro atoms. The lowest BCUT2D eigenvalue weighted by Crippen LogP contribution is -2.46. The van der Waals surface area contributed by atoms with E-state index in [0.717, 1.165) is 16.6 Å². The Morgan fingerprint density at radius 2 is 1.85 bits per heavy atom. The highest BCUT2D eigenvalue weighted by atomic mass is 16.5. The van der Waals surface area contributed by atoms with Gasteiger partial charge in [0.15, 0.2) is 6.10 Å². The van der Waals surface area contributed by atoms with Crippen molar-refractivity contribution in [2.45, 2.75) is 32.8 Å². The van der Waals surface area contributed by atoms with Crippen molar-refractivity contribution in [2.75, 3.05) is 26.3 Å². The van der Waals surface area contributed by atoms with Gasteiger partial charge in [0.05, 0.1) is 24.3 Å². The molecule has 2 aromatic rings. The molecule has 0 N–H and O–H groups in total. The Bertz CT molecular complexity index is 813. The Morgan fingerprint density at radius 1 is 1.15 bits per heavy atom. The number of hydrogen-bond acceptors (Lipinski definition) is 5. The predicted octanol–water partition coefficient (Wildman–Crippen LogP) is 2.76. The molecule has 6 heteroatoms. The molecule has 1 saturated heterocycles. The standard InChI is InChI=1S/C20H24N2O4/c1-13(2)18-12-16(15-6-4-5-7-17(15)21-18)20(24)26-14(3)19(23)22-8-10-25-11-9-22/h4-7,12-14H,8-11H2,1-3H3/t14-/m0/s1. The monoisotopic (exact) mass is 356 g/mol. The Balaban J connectivity index is 1.83. The third-order valence-electron chi connectivity index (χ3n) is 4.50. The number of carbonyl (C=O) groups is 2. The average molecular weight is 356 g/mol. The maximum atomic E-state index is 12.8. The summed E-state index contributed by atoms with van der Waals surface area (Å²) in [7, 11) is 0. The van der Waals surface area contributed by atoms with E-state index in [2.05, 4.69) is 4.98 Å². The molecule has 0 bridgehead atoms. The second kappa shape index (κ2) is 7.83. The quantitative estimate of drug-likeness (QED) is 0.788. The van der Waals surface area contributed by atoms with Crippen LogP contribution >= 0.6 is 0 Å². The lowest BCUT2D eigenvalue weighted by molar-refractivity contribution is -0.143. The van der Waals surface area contributed by atoms with Crippen molar-refractivity contribution >= 4 is 22.8 Å². The highest BCUT2D eigenvalue weighted by Gasteiger charge is 2.26. The van der Waals surface area contributed by atoms with E-state index >= 15 is 0 Å². The fourth-order valence-corrected chi connectivity index (χ4v) is 2.98. The number of aromatic nitrogens is 1. The molecule has 1 atom stereocenters. The Morgan fingerprint density at radius 3 is 2.54 bits per heavy atom. The first kappa shape index (κ1) is 18.3. The molecular formula is C20H24N2O4. The third kappa shape index (κ3) is 3.85. The topological polar surface area (TPSA) is 68.7 Å².